The molecule has 0 aromatic carbocycles. The predicted octanol–water partition coefficient (Wildman–Crippen LogP) is 1.33. The summed E-state index contributed by atoms with van der Waals surface area (Å²) in [6.07, 6.45) is 1.69. The molecule has 0 aliphatic carbocycles. The van der Waals surface area contributed by atoms with Crippen LogP contribution in [0, 0.1) is 5.92 Å². The van der Waals surface area contributed by atoms with Crippen LogP contribution in [0.15, 0.2) is 12.7 Å². The van der Waals surface area contributed by atoms with Crippen molar-refractivity contribution in [3.8, 4) is 0 Å². The second kappa shape index (κ2) is 5.52. The number of amides is 1. The van der Waals surface area contributed by atoms with Gasteiger partial charge in [0.05, 0.1) is 6.54 Å². The van der Waals surface area contributed by atoms with Crippen LogP contribution in [0.4, 0.5) is 4.79 Å². The molecule has 1 aliphatic heterocycles. The average molecular weight is 254 g/mol. The summed E-state index contributed by atoms with van der Waals surface area (Å²) in [5.74, 6) is -0.263. The Morgan fingerprint density at radius 3 is 2.67 bits per heavy atom. The zero-order valence-electron chi connectivity index (χ0n) is 11.3. The lowest BCUT2D eigenvalue weighted by Gasteiger charge is -2.33. The molecular formula is C13H22N2O3. The summed E-state index contributed by atoms with van der Waals surface area (Å²) in [7, 11) is 0. The van der Waals surface area contributed by atoms with Crippen LogP contribution in [0.1, 0.15) is 27.2 Å². The maximum atomic E-state index is 11.9. The topological polar surface area (TPSA) is 72.6 Å². The SMILES string of the molecule is C=CC(N)C1CCN(C(=O)OC(C)(C)C)CC1=O. The molecule has 1 fully saturated rings. The number of ether oxygens (including phenoxy) is 1. The maximum Gasteiger partial charge on any atom is 0.410 e. The van der Waals surface area contributed by atoms with Gasteiger partial charge in [-0.05, 0) is 27.2 Å². The van der Waals surface area contributed by atoms with Crippen LogP contribution in [-0.2, 0) is 9.53 Å². The molecule has 1 aliphatic rings. The minimum Gasteiger partial charge on any atom is -0.444 e. The van der Waals surface area contributed by atoms with Crippen molar-refractivity contribution in [3.63, 3.8) is 0 Å². The van der Waals surface area contributed by atoms with Crippen LogP contribution in [0.3, 0.4) is 0 Å². The molecule has 1 saturated heterocycles. The van der Waals surface area contributed by atoms with E-state index in [0.717, 1.165) is 0 Å². The Morgan fingerprint density at radius 1 is 1.61 bits per heavy atom. The minimum atomic E-state index is -0.547. The lowest BCUT2D eigenvalue weighted by atomic mass is 9.89. The zero-order chi connectivity index (χ0) is 13.9. The number of piperidine rings is 1. The van der Waals surface area contributed by atoms with Gasteiger partial charge in [-0.2, -0.15) is 0 Å². The number of carbonyl (C=O) groups excluding carboxylic acids is 2. The third kappa shape index (κ3) is 3.84. The van der Waals surface area contributed by atoms with E-state index >= 15 is 0 Å². The smallest absolute Gasteiger partial charge is 0.410 e. The van der Waals surface area contributed by atoms with Crippen LogP contribution in [0.25, 0.3) is 0 Å². The highest BCUT2D eigenvalue weighted by atomic mass is 16.6. The van der Waals surface area contributed by atoms with E-state index in [4.69, 9.17) is 10.5 Å². The summed E-state index contributed by atoms with van der Waals surface area (Å²) in [6, 6.07) is -0.335. The van der Waals surface area contributed by atoms with Crippen molar-refractivity contribution >= 4 is 11.9 Å². The summed E-state index contributed by atoms with van der Waals surface area (Å²) in [5, 5.41) is 0. The molecule has 102 valence electrons. The van der Waals surface area contributed by atoms with E-state index in [1.54, 1.807) is 26.8 Å². The number of nitrogens with two attached hydrogens (primary N) is 1. The van der Waals surface area contributed by atoms with E-state index in [1.807, 2.05) is 0 Å². The Labute approximate surface area is 108 Å². The molecule has 0 spiro atoms. The number of ketones is 1. The summed E-state index contributed by atoms with van der Waals surface area (Å²) in [5.41, 5.74) is 5.24. The fraction of sp³-hybridized carbons (Fsp3) is 0.692. The first-order chi connectivity index (χ1) is 8.24. The molecule has 0 radical (unpaired) electrons. The Hall–Kier alpha value is -1.36. The lowest BCUT2D eigenvalue weighted by Crippen LogP contribution is -2.50. The number of carbonyl (C=O) groups is 2. The van der Waals surface area contributed by atoms with Gasteiger partial charge in [0.25, 0.3) is 0 Å². The fourth-order valence-electron chi connectivity index (χ4n) is 1.89. The third-order valence-electron chi connectivity index (χ3n) is 2.86. The molecule has 2 N–H and O–H groups in total. The van der Waals surface area contributed by atoms with Crippen molar-refractivity contribution < 1.29 is 14.3 Å². The molecule has 0 aromatic rings. The van der Waals surface area contributed by atoms with Gasteiger partial charge in [0.15, 0.2) is 5.78 Å². The molecule has 2 unspecified atom stereocenters. The molecule has 0 bridgehead atoms. The molecular weight excluding hydrogens is 232 g/mol. The number of nitrogens with zero attached hydrogens (tertiary/aromatic N) is 1. The number of Topliss-reactive ketones (excluding diaryl/α,β-unsaturated/α-hetero) is 1. The molecule has 0 saturated carbocycles. The molecule has 1 amide bonds. The molecule has 18 heavy (non-hydrogen) atoms. The van der Waals surface area contributed by atoms with Crippen LogP contribution in [0.2, 0.25) is 0 Å². The van der Waals surface area contributed by atoms with Crippen molar-refractivity contribution in [2.24, 2.45) is 11.7 Å². The molecule has 1 heterocycles. The molecule has 2 atom stereocenters. The first kappa shape index (κ1) is 14.7. The van der Waals surface area contributed by atoms with Gasteiger partial charge in [0.1, 0.15) is 5.60 Å². The fourth-order valence-corrected chi connectivity index (χ4v) is 1.89. The highest BCUT2D eigenvalue weighted by molar-refractivity contribution is 5.87. The normalized spacial score (nSPS) is 22.6. The van der Waals surface area contributed by atoms with Crippen molar-refractivity contribution in [2.75, 3.05) is 13.1 Å². The van der Waals surface area contributed by atoms with Crippen molar-refractivity contribution in [1.82, 2.24) is 4.90 Å². The zero-order valence-corrected chi connectivity index (χ0v) is 11.3. The Morgan fingerprint density at radius 2 is 2.22 bits per heavy atom. The Bertz CT molecular complexity index is 347. The van der Waals surface area contributed by atoms with Crippen LogP contribution in [-0.4, -0.2) is 41.5 Å². The van der Waals surface area contributed by atoms with E-state index in [1.165, 1.54) is 4.90 Å². The van der Waals surface area contributed by atoms with Gasteiger partial charge >= 0.3 is 6.09 Å². The summed E-state index contributed by atoms with van der Waals surface area (Å²) < 4.78 is 5.23. The quantitative estimate of drug-likeness (QED) is 0.754. The predicted molar refractivity (Wildman–Crippen MR) is 69.1 cm³/mol. The Balaban J connectivity index is 2.58. The second-order valence-electron chi connectivity index (χ2n) is 5.58. The third-order valence-corrected chi connectivity index (χ3v) is 2.86. The summed E-state index contributed by atoms with van der Waals surface area (Å²) in [4.78, 5) is 25.1. The number of hydrogen-bond donors (Lipinski definition) is 1. The van der Waals surface area contributed by atoms with Gasteiger partial charge in [-0.1, -0.05) is 6.08 Å². The highest BCUT2D eigenvalue weighted by Gasteiger charge is 2.34. The van der Waals surface area contributed by atoms with E-state index in [2.05, 4.69) is 6.58 Å². The minimum absolute atomic E-state index is 0.0282. The van der Waals surface area contributed by atoms with Crippen LogP contribution < -0.4 is 5.73 Å². The Kier molecular flexibility index (Phi) is 4.51. The lowest BCUT2D eigenvalue weighted by molar-refractivity contribution is -0.127. The van der Waals surface area contributed by atoms with E-state index in [0.29, 0.717) is 13.0 Å². The number of likely N-dealkylation sites (tertiary alicyclic amines) is 1. The van der Waals surface area contributed by atoms with Gasteiger partial charge < -0.3 is 15.4 Å². The van der Waals surface area contributed by atoms with E-state index in [9.17, 15) is 9.59 Å². The largest absolute Gasteiger partial charge is 0.444 e. The number of rotatable bonds is 2. The van der Waals surface area contributed by atoms with Crippen LogP contribution >= 0.6 is 0 Å². The molecule has 0 aromatic heterocycles. The van der Waals surface area contributed by atoms with Gasteiger partial charge in [-0.3, -0.25) is 4.79 Å². The molecule has 1 rings (SSSR count). The first-order valence-electron chi connectivity index (χ1n) is 6.13. The standard InChI is InChI=1S/C13H22N2O3/c1-5-10(14)9-6-7-15(8-11(9)16)12(17)18-13(2,3)4/h5,9-10H,1,6-8,14H2,2-4H3. The van der Waals surface area contributed by atoms with E-state index < -0.39 is 11.7 Å². The first-order valence-corrected chi connectivity index (χ1v) is 6.13. The highest BCUT2D eigenvalue weighted by Crippen LogP contribution is 2.19. The monoisotopic (exact) mass is 254 g/mol. The van der Waals surface area contributed by atoms with Crippen molar-refractivity contribution in [1.29, 1.82) is 0 Å². The van der Waals surface area contributed by atoms with Gasteiger partial charge in [-0.15, -0.1) is 6.58 Å². The maximum absolute atomic E-state index is 11.9. The van der Waals surface area contributed by atoms with Gasteiger partial charge in [0.2, 0.25) is 0 Å². The molecule has 5 nitrogen and oxygen atoms in total. The average Bonchev–Trinajstić information content (AvgIpc) is 2.25. The van der Waals surface area contributed by atoms with Crippen molar-refractivity contribution in [2.45, 2.75) is 38.8 Å². The molecule has 5 heteroatoms. The summed E-state index contributed by atoms with van der Waals surface area (Å²) in [6.45, 7) is 9.55. The van der Waals surface area contributed by atoms with E-state index in [-0.39, 0.29) is 24.3 Å². The summed E-state index contributed by atoms with van der Waals surface area (Å²) >= 11 is 0. The van der Waals surface area contributed by atoms with Crippen LogP contribution in [0.5, 0.6) is 0 Å². The second-order valence-corrected chi connectivity index (χ2v) is 5.58. The van der Waals surface area contributed by atoms with Gasteiger partial charge in [0, 0.05) is 18.5 Å². The van der Waals surface area contributed by atoms with Crippen molar-refractivity contribution in [3.05, 3.63) is 12.7 Å². The van der Waals surface area contributed by atoms with Gasteiger partial charge in [-0.25, -0.2) is 4.79 Å². The number of hydrogen-bond acceptors (Lipinski definition) is 4.